The van der Waals surface area contributed by atoms with E-state index in [1.165, 1.54) is 0 Å². The summed E-state index contributed by atoms with van der Waals surface area (Å²) in [5.41, 5.74) is 0.783. The van der Waals surface area contributed by atoms with E-state index in [-0.39, 0.29) is 11.7 Å². The van der Waals surface area contributed by atoms with Crippen molar-refractivity contribution in [1.82, 2.24) is 14.5 Å². The molecule has 4 nitrogen and oxygen atoms in total. The van der Waals surface area contributed by atoms with Gasteiger partial charge in [-0.1, -0.05) is 37.3 Å². The summed E-state index contributed by atoms with van der Waals surface area (Å²) < 4.78 is 2.00. The van der Waals surface area contributed by atoms with Gasteiger partial charge in [0.05, 0.1) is 6.54 Å². The average molecular weight is 271 g/mol. The Hall–Kier alpha value is -1.94. The van der Waals surface area contributed by atoms with Crippen molar-refractivity contribution in [2.24, 2.45) is 13.0 Å². The number of imidazole rings is 1. The van der Waals surface area contributed by atoms with Crippen LogP contribution < -0.4 is 0 Å². The predicted molar refractivity (Wildman–Crippen MR) is 79.5 cm³/mol. The second-order valence-electron chi connectivity index (χ2n) is 5.28. The van der Waals surface area contributed by atoms with Crippen molar-refractivity contribution in [2.75, 3.05) is 13.6 Å². The molecule has 0 aliphatic carbocycles. The number of rotatable bonds is 6. The highest BCUT2D eigenvalue weighted by Crippen LogP contribution is 2.11. The van der Waals surface area contributed by atoms with Crippen LogP contribution >= 0.6 is 0 Å². The zero-order valence-corrected chi connectivity index (χ0v) is 12.3. The van der Waals surface area contributed by atoms with Gasteiger partial charge in [-0.2, -0.15) is 0 Å². The summed E-state index contributed by atoms with van der Waals surface area (Å²) in [7, 11) is 4.00. The maximum atomic E-state index is 12.3. The number of ketones is 1. The highest BCUT2D eigenvalue weighted by atomic mass is 16.1. The fourth-order valence-electron chi connectivity index (χ4n) is 2.29. The highest BCUT2D eigenvalue weighted by Gasteiger charge is 2.17. The predicted octanol–water partition coefficient (Wildman–Crippen LogP) is 2.37. The van der Waals surface area contributed by atoms with Crippen LogP contribution in [0.3, 0.4) is 0 Å². The Morgan fingerprint density at radius 3 is 2.65 bits per heavy atom. The van der Waals surface area contributed by atoms with Crippen LogP contribution in [0.1, 0.15) is 23.1 Å². The quantitative estimate of drug-likeness (QED) is 0.757. The van der Waals surface area contributed by atoms with Crippen LogP contribution in [-0.2, 0) is 13.6 Å². The van der Waals surface area contributed by atoms with Crippen LogP contribution in [0.15, 0.2) is 42.7 Å². The molecule has 0 aliphatic rings. The summed E-state index contributed by atoms with van der Waals surface area (Å²) in [6.45, 7) is 3.45. The van der Waals surface area contributed by atoms with Gasteiger partial charge in [0, 0.05) is 37.5 Å². The second-order valence-corrected chi connectivity index (χ2v) is 5.28. The van der Waals surface area contributed by atoms with Crippen molar-refractivity contribution >= 4 is 5.78 Å². The summed E-state index contributed by atoms with van der Waals surface area (Å²) in [6.07, 6.45) is 3.73. The first-order chi connectivity index (χ1) is 9.58. The zero-order chi connectivity index (χ0) is 14.5. The molecule has 2 aromatic rings. The summed E-state index contributed by atoms with van der Waals surface area (Å²) in [6, 6.07) is 9.47. The summed E-state index contributed by atoms with van der Waals surface area (Å²) in [5, 5.41) is 0. The molecule has 1 heterocycles. The molecule has 1 unspecified atom stereocenters. The van der Waals surface area contributed by atoms with Gasteiger partial charge in [0.15, 0.2) is 5.78 Å². The third kappa shape index (κ3) is 3.54. The standard InChI is InChI=1S/C16H21N3O/c1-13(16(20)14-7-5-4-6-8-14)11-18(2)12-15-17-9-10-19(15)3/h4-10,13H,11-12H2,1-3H3. The molecule has 0 radical (unpaired) electrons. The molecular formula is C16H21N3O. The highest BCUT2D eigenvalue weighted by molar-refractivity contribution is 5.97. The number of Topliss-reactive ketones (excluding diaryl/α,β-unsaturated/α-hetero) is 1. The summed E-state index contributed by atoms with van der Waals surface area (Å²) in [4.78, 5) is 18.7. The summed E-state index contributed by atoms with van der Waals surface area (Å²) >= 11 is 0. The first-order valence-corrected chi connectivity index (χ1v) is 6.82. The van der Waals surface area contributed by atoms with E-state index < -0.39 is 0 Å². The van der Waals surface area contributed by atoms with E-state index in [4.69, 9.17) is 0 Å². The SMILES string of the molecule is CC(CN(C)Cc1nccn1C)C(=O)c1ccccc1. The van der Waals surface area contributed by atoms with E-state index >= 15 is 0 Å². The van der Waals surface area contributed by atoms with Crippen LogP contribution in [0.2, 0.25) is 0 Å². The Kier molecular flexibility index (Phi) is 4.69. The molecule has 4 heteroatoms. The lowest BCUT2D eigenvalue weighted by Crippen LogP contribution is -2.29. The number of carbonyl (C=O) groups excluding carboxylic acids is 1. The van der Waals surface area contributed by atoms with Crippen molar-refractivity contribution in [3.05, 3.63) is 54.1 Å². The lowest BCUT2D eigenvalue weighted by Gasteiger charge is -2.20. The molecule has 2 rings (SSSR count). The topological polar surface area (TPSA) is 38.1 Å². The minimum absolute atomic E-state index is 0.0253. The van der Waals surface area contributed by atoms with Gasteiger partial charge in [-0.25, -0.2) is 4.98 Å². The molecule has 0 aliphatic heterocycles. The lowest BCUT2D eigenvalue weighted by molar-refractivity contribution is 0.0900. The van der Waals surface area contributed by atoms with Crippen LogP contribution in [0.4, 0.5) is 0 Å². The maximum Gasteiger partial charge on any atom is 0.166 e. The van der Waals surface area contributed by atoms with Gasteiger partial charge in [-0.15, -0.1) is 0 Å². The Morgan fingerprint density at radius 1 is 1.35 bits per heavy atom. The van der Waals surface area contributed by atoms with Gasteiger partial charge in [-0.05, 0) is 7.05 Å². The number of aryl methyl sites for hydroxylation is 1. The van der Waals surface area contributed by atoms with Gasteiger partial charge in [0.25, 0.3) is 0 Å². The van der Waals surface area contributed by atoms with E-state index in [9.17, 15) is 4.79 Å². The normalized spacial score (nSPS) is 12.6. The smallest absolute Gasteiger partial charge is 0.166 e. The minimum atomic E-state index is -0.0253. The van der Waals surface area contributed by atoms with Crippen molar-refractivity contribution in [2.45, 2.75) is 13.5 Å². The van der Waals surface area contributed by atoms with Crippen LogP contribution in [0.5, 0.6) is 0 Å². The number of hydrogen-bond acceptors (Lipinski definition) is 3. The molecule has 106 valence electrons. The maximum absolute atomic E-state index is 12.3. The van der Waals surface area contributed by atoms with Crippen molar-refractivity contribution < 1.29 is 4.79 Å². The van der Waals surface area contributed by atoms with Crippen LogP contribution in [0.25, 0.3) is 0 Å². The minimum Gasteiger partial charge on any atom is -0.337 e. The van der Waals surface area contributed by atoms with Gasteiger partial charge >= 0.3 is 0 Å². The van der Waals surface area contributed by atoms with Crippen molar-refractivity contribution in [3.63, 3.8) is 0 Å². The molecule has 0 saturated heterocycles. The fraction of sp³-hybridized carbons (Fsp3) is 0.375. The number of aromatic nitrogens is 2. The molecule has 0 spiro atoms. The van der Waals surface area contributed by atoms with Crippen molar-refractivity contribution in [3.8, 4) is 0 Å². The van der Waals surface area contributed by atoms with Crippen LogP contribution in [-0.4, -0.2) is 33.8 Å². The summed E-state index contributed by atoms with van der Waals surface area (Å²) in [5.74, 6) is 1.17. The molecule has 0 amide bonds. The Balaban J connectivity index is 1.92. The fourth-order valence-corrected chi connectivity index (χ4v) is 2.29. The van der Waals surface area contributed by atoms with Gasteiger partial charge in [-0.3, -0.25) is 9.69 Å². The zero-order valence-electron chi connectivity index (χ0n) is 12.3. The number of carbonyl (C=O) groups is 1. The van der Waals surface area contributed by atoms with Crippen molar-refractivity contribution in [1.29, 1.82) is 0 Å². The molecule has 1 atom stereocenters. The van der Waals surface area contributed by atoms with Crippen LogP contribution in [0, 0.1) is 5.92 Å². The molecule has 0 bridgehead atoms. The third-order valence-electron chi connectivity index (χ3n) is 3.42. The van der Waals surface area contributed by atoms with E-state index in [0.717, 1.165) is 24.5 Å². The number of hydrogen-bond donors (Lipinski definition) is 0. The first-order valence-electron chi connectivity index (χ1n) is 6.82. The van der Waals surface area contributed by atoms with E-state index in [1.807, 2.05) is 62.1 Å². The van der Waals surface area contributed by atoms with E-state index in [1.54, 1.807) is 6.20 Å². The molecule has 0 fully saturated rings. The van der Waals surface area contributed by atoms with Gasteiger partial charge in [0.2, 0.25) is 0 Å². The molecule has 1 aromatic carbocycles. The van der Waals surface area contributed by atoms with E-state index in [0.29, 0.717) is 0 Å². The number of nitrogens with zero attached hydrogens (tertiary/aromatic N) is 3. The monoisotopic (exact) mass is 271 g/mol. The first kappa shape index (κ1) is 14.5. The largest absolute Gasteiger partial charge is 0.337 e. The second kappa shape index (κ2) is 6.48. The molecule has 1 aromatic heterocycles. The Bertz CT molecular complexity index is 562. The number of benzene rings is 1. The van der Waals surface area contributed by atoms with Gasteiger partial charge in [0.1, 0.15) is 5.82 Å². The molecule has 20 heavy (non-hydrogen) atoms. The Labute approximate surface area is 120 Å². The third-order valence-corrected chi connectivity index (χ3v) is 3.42. The Morgan fingerprint density at radius 2 is 2.05 bits per heavy atom. The average Bonchev–Trinajstić information content (AvgIpc) is 2.84. The molecular weight excluding hydrogens is 250 g/mol. The molecule has 0 N–H and O–H groups in total. The van der Waals surface area contributed by atoms with E-state index in [2.05, 4.69) is 9.88 Å². The lowest BCUT2D eigenvalue weighted by atomic mass is 9.99. The molecule has 0 saturated carbocycles. The van der Waals surface area contributed by atoms with Gasteiger partial charge < -0.3 is 4.57 Å².